The number of benzene rings is 1. The summed E-state index contributed by atoms with van der Waals surface area (Å²) in [6.45, 7) is 4.28. The average molecular weight is 276 g/mol. The molecule has 2 N–H and O–H groups in total. The van der Waals surface area contributed by atoms with E-state index in [9.17, 15) is 4.39 Å². The van der Waals surface area contributed by atoms with Crippen molar-refractivity contribution >= 4 is 15.9 Å². The number of halogens is 2. The minimum absolute atomic E-state index is 0.0994. The molecule has 0 bridgehead atoms. The van der Waals surface area contributed by atoms with Crippen LogP contribution in [0.4, 0.5) is 4.39 Å². The summed E-state index contributed by atoms with van der Waals surface area (Å²) in [5.74, 6) is -0.279. The van der Waals surface area contributed by atoms with Crippen LogP contribution in [0.1, 0.15) is 25.5 Å². The molecule has 0 saturated heterocycles. The zero-order chi connectivity index (χ0) is 11.4. The van der Waals surface area contributed by atoms with Crippen LogP contribution in [0.3, 0.4) is 0 Å². The Hall–Kier alpha value is -0.450. The third-order valence-electron chi connectivity index (χ3n) is 1.97. The summed E-state index contributed by atoms with van der Waals surface area (Å²) in [6, 6.07) is 4.81. The van der Waals surface area contributed by atoms with Gasteiger partial charge in [0.1, 0.15) is 5.82 Å². The zero-order valence-corrected chi connectivity index (χ0v) is 10.4. The van der Waals surface area contributed by atoms with Crippen molar-refractivity contribution in [3.63, 3.8) is 0 Å². The third kappa shape index (κ3) is 3.55. The van der Waals surface area contributed by atoms with Crippen LogP contribution in [-0.4, -0.2) is 12.6 Å². The van der Waals surface area contributed by atoms with Crippen molar-refractivity contribution in [3.8, 4) is 0 Å². The number of hydrogen-bond acceptors (Lipinski definition) is 2. The molecule has 1 unspecified atom stereocenters. The number of hydrogen-bond donors (Lipinski definition) is 1. The highest BCUT2D eigenvalue weighted by atomic mass is 79.9. The fourth-order valence-electron chi connectivity index (χ4n) is 1.31. The lowest BCUT2D eigenvalue weighted by atomic mass is 10.1. The van der Waals surface area contributed by atoms with Gasteiger partial charge in [-0.15, -0.1) is 0 Å². The molecule has 0 aliphatic rings. The van der Waals surface area contributed by atoms with Gasteiger partial charge in [0.05, 0.1) is 16.7 Å². The molecular weight excluding hydrogens is 261 g/mol. The van der Waals surface area contributed by atoms with Gasteiger partial charge in [0.15, 0.2) is 0 Å². The predicted molar refractivity (Wildman–Crippen MR) is 62.1 cm³/mol. The van der Waals surface area contributed by atoms with Gasteiger partial charge in [-0.25, -0.2) is 4.39 Å². The van der Waals surface area contributed by atoms with Gasteiger partial charge in [-0.05, 0) is 47.5 Å². The Balaban J connectivity index is 2.87. The van der Waals surface area contributed by atoms with Crippen LogP contribution < -0.4 is 5.73 Å². The first-order chi connectivity index (χ1) is 7.04. The van der Waals surface area contributed by atoms with Crippen molar-refractivity contribution in [2.45, 2.75) is 26.1 Å². The average Bonchev–Trinajstić information content (AvgIpc) is 2.18. The maximum atomic E-state index is 13.0. The molecule has 0 aliphatic heterocycles. The van der Waals surface area contributed by atoms with Crippen LogP contribution in [-0.2, 0) is 4.74 Å². The first kappa shape index (κ1) is 12.6. The van der Waals surface area contributed by atoms with Gasteiger partial charge in [0.25, 0.3) is 0 Å². The molecule has 4 heteroatoms. The maximum Gasteiger partial charge on any atom is 0.137 e. The summed E-state index contributed by atoms with van der Waals surface area (Å²) in [5, 5.41) is 0. The van der Waals surface area contributed by atoms with E-state index < -0.39 is 0 Å². The van der Waals surface area contributed by atoms with E-state index in [2.05, 4.69) is 15.9 Å². The van der Waals surface area contributed by atoms with Crippen molar-refractivity contribution in [3.05, 3.63) is 34.1 Å². The summed E-state index contributed by atoms with van der Waals surface area (Å²) in [5.41, 5.74) is 6.50. The van der Waals surface area contributed by atoms with E-state index in [1.54, 1.807) is 12.1 Å². The highest BCUT2D eigenvalue weighted by molar-refractivity contribution is 9.10. The molecule has 0 saturated carbocycles. The van der Waals surface area contributed by atoms with E-state index in [1.807, 2.05) is 13.8 Å². The standard InChI is InChI=1S/C11H15BrFNO/c1-7(2)15-11(6-14)8-3-4-10(13)9(12)5-8/h3-5,7,11H,6,14H2,1-2H3. The lowest BCUT2D eigenvalue weighted by molar-refractivity contribution is 0.0119. The van der Waals surface area contributed by atoms with Gasteiger partial charge in [-0.3, -0.25) is 0 Å². The monoisotopic (exact) mass is 275 g/mol. The Morgan fingerprint density at radius 2 is 2.13 bits per heavy atom. The summed E-state index contributed by atoms with van der Waals surface area (Å²) in [7, 11) is 0. The first-order valence-corrected chi connectivity index (χ1v) is 5.64. The molecule has 0 aromatic heterocycles. The molecule has 1 atom stereocenters. The first-order valence-electron chi connectivity index (χ1n) is 4.85. The minimum Gasteiger partial charge on any atom is -0.370 e. The maximum absolute atomic E-state index is 13.0. The number of nitrogens with two attached hydrogens (primary N) is 1. The normalized spacial score (nSPS) is 13.2. The summed E-state index contributed by atoms with van der Waals surface area (Å²) in [6.07, 6.45) is -0.0794. The minimum atomic E-state index is -0.279. The van der Waals surface area contributed by atoms with E-state index in [1.165, 1.54) is 6.07 Å². The van der Waals surface area contributed by atoms with Crippen LogP contribution in [0.25, 0.3) is 0 Å². The van der Waals surface area contributed by atoms with Gasteiger partial charge >= 0.3 is 0 Å². The Morgan fingerprint density at radius 1 is 1.47 bits per heavy atom. The van der Waals surface area contributed by atoms with Crippen molar-refractivity contribution in [1.29, 1.82) is 0 Å². The van der Waals surface area contributed by atoms with Gasteiger partial charge < -0.3 is 10.5 Å². The van der Waals surface area contributed by atoms with Gasteiger partial charge in [-0.2, -0.15) is 0 Å². The Bertz CT molecular complexity index is 330. The van der Waals surface area contributed by atoms with Gasteiger partial charge in [0, 0.05) is 6.54 Å². The molecule has 0 aliphatic carbocycles. The quantitative estimate of drug-likeness (QED) is 0.917. The van der Waals surface area contributed by atoms with Crippen LogP contribution in [0, 0.1) is 5.82 Å². The van der Waals surface area contributed by atoms with Crippen LogP contribution in [0.2, 0.25) is 0 Å². The molecule has 84 valence electrons. The van der Waals surface area contributed by atoms with E-state index in [0.29, 0.717) is 11.0 Å². The highest BCUT2D eigenvalue weighted by Crippen LogP contribution is 2.23. The molecule has 0 radical (unpaired) electrons. The lowest BCUT2D eigenvalue weighted by Gasteiger charge is -2.19. The lowest BCUT2D eigenvalue weighted by Crippen LogP contribution is -2.19. The van der Waals surface area contributed by atoms with Crippen molar-refractivity contribution < 1.29 is 9.13 Å². The molecular formula is C11H15BrFNO. The Kier molecular flexibility index (Phi) is 4.70. The molecule has 2 nitrogen and oxygen atoms in total. The fourth-order valence-corrected chi connectivity index (χ4v) is 1.71. The van der Waals surface area contributed by atoms with Gasteiger partial charge in [-0.1, -0.05) is 6.07 Å². The van der Waals surface area contributed by atoms with Gasteiger partial charge in [0.2, 0.25) is 0 Å². The highest BCUT2D eigenvalue weighted by Gasteiger charge is 2.13. The number of rotatable bonds is 4. The second-order valence-corrected chi connectivity index (χ2v) is 4.44. The summed E-state index contributed by atoms with van der Waals surface area (Å²) < 4.78 is 19.1. The van der Waals surface area contributed by atoms with Crippen LogP contribution in [0.15, 0.2) is 22.7 Å². The Morgan fingerprint density at radius 3 is 2.60 bits per heavy atom. The second-order valence-electron chi connectivity index (χ2n) is 3.58. The molecule has 1 rings (SSSR count). The van der Waals surface area contributed by atoms with E-state index in [4.69, 9.17) is 10.5 Å². The van der Waals surface area contributed by atoms with Crippen LogP contribution in [0.5, 0.6) is 0 Å². The summed E-state index contributed by atoms with van der Waals surface area (Å²) >= 11 is 3.14. The molecule has 1 aromatic rings. The molecule has 0 heterocycles. The molecule has 15 heavy (non-hydrogen) atoms. The smallest absolute Gasteiger partial charge is 0.137 e. The number of ether oxygens (including phenoxy) is 1. The molecule has 0 spiro atoms. The van der Waals surface area contributed by atoms with Crippen LogP contribution >= 0.6 is 15.9 Å². The largest absolute Gasteiger partial charge is 0.370 e. The Labute approximate surface area is 97.7 Å². The molecule has 1 aromatic carbocycles. The topological polar surface area (TPSA) is 35.2 Å². The van der Waals surface area contributed by atoms with Crippen molar-refractivity contribution in [2.75, 3.05) is 6.54 Å². The predicted octanol–water partition coefficient (Wildman–Crippen LogP) is 3.01. The molecule has 0 amide bonds. The van der Waals surface area contributed by atoms with Crippen molar-refractivity contribution in [2.24, 2.45) is 5.73 Å². The second kappa shape index (κ2) is 5.58. The van der Waals surface area contributed by atoms with E-state index in [-0.39, 0.29) is 18.0 Å². The fraction of sp³-hybridized carbons (Fsp3) is 0.455. The van der Waals surface area contributed by atoms with E-state index >= 15 is 0 Å². The zero-order valence-electron chi connectivity index (χ0n) is 8.84. The van der Waals surface area contributed by atoms with Crippen molar-refractivity contribution in [1.82, 2.24) is 0 Å². The summed E-state index contributed by atoms with van der Waals surface area (Å²) in [4.78, 5) is 0. The third-order valence-corrected chi connectivity index (χ3v) is 2.57. The SMILES string of the molecule is CC(C)OC(CN)c1ccc(F)c(Br)c1. The van der Waals surface area contributed by atoms with E-state index in [0.717, 1.165) is 5.56 Å². The molecule has 0 fully saturated rings.